The quantitative estimate of drug-likeness (QED) is 0.467. The number of ether oxygens (including phenoxy) is 1. The van der Waals surface area contributed by atoms with E-state index >= 15 is 0 Å². The summed E-state index contributed by atoms with van der Waals surface area (Å²) in [5.74, 6) is 0.171. The molecule has 1 amide bonds. The van der Waals surface area contributed by atoms with Gasteiger partial charge in [0.05, 0.1) is 6.10 Å². The Kier molecular flexibility index (Phi) is 9.13. The molecule has 184 valence electrons. The number of benzene rings is 1. The van der Waals surface area contributed by atoms with Crippen LogP contribution in [0.5, 0.6) is 5.75 Å². The SMILES string of the molecule is CCCCC(c1ccc(OCC(O)C(C)(C)C)c(C)c1)c1cc(C)c(S(=O)(=O)NC(C)=O)s1. The van der Waals surface area contributed by atoms with Crippen LogP contribution < -0.4 is 9.46 Å². The summed E-state index contributed by atoms with van der Waals surface area (Å²) in [6.45, 7) is 13.2. The number of thiophene rings is 1. The Labute approximate surface area is 202 Å². The van der Waals surface area contributed by atoms with Gasteiger partial charge in [-0.15, -0.1) is 11.3 Å². The molecule has 2 atom stereocenters. The maximum Gasteiger partial charge on any atom is 0.273 e. The third-order valence-electron chi connectivity index (χ3n) is 5.60. The number of unbranched alkanes of at least 4 members (excludes halogenated alkanes) is 1. The molecule has 6 nitrogen and oxygen atoms in total. The topological polar surface area (TPSA) is 92.7 Å². The van der Waals surface area contributed by atoms with Crippen molar-refractivity contribution in [2.75, 3.05) is 6.61 Å². The van der Waals surface area contributed by atoms with Gasteiger partial charge in [0, 0.05) is 17.7 Å². The lowest BCUT2D eigenvalue weighted by Crippen LogP contribution is -2.32. The van der Waals surface area contributed by atoms with Crippen LogP contribution in [0.15, 0.2) is 28.5 Å². The van der Waals surface area contributed by atoms with Crippen LogP contribution in [0.25, 0.3) is 0 Å². The lowest BCUT2D eigenvalue weighted by Gasteiger charge is -2.26. The monoisotopic (exact) mass is 495 g/mol. The summed E-state index contributed by atoms with van der Waals surface area (Å²) in [6.07, 6.45) is 2.35. The molecule has 0 saturated heterocycles. The number of carbonyl (C=O) groups excluding carboxylic acids is 1. The number of rotatable bonds is 10. The van der Waals surface area contributed by atoms with Crippen LogP contribution in [0.1, 0.15) is 81.4 Å². The molecule has 8 heteroatoms. The van der Waals surface area contributed by atoms with Gasteiger partial charge in [-0.3, -0.25) is 4.79 Å². The molecular formula is C25H37NO5S2. The van der Waals surface area contributed by atoms with Gasteiger partial charge >= 0.3 is 0 Å². The van der Waals surface area contributed by atoms with Gasteiger partial charge in [0.1, 0.15) is 16.6 Å². The Morgan fingerprint density at radius 1 is 1.18 bits per heavy atom. The number of hydrogen-bond donors (Lipinski definition) is 2. The van der Waals surface area contributed by atoms with Crippen LogP contribution in [-0.2, 0) is 14.8 Å². The van der Waals surface area contributed by atoms with E-state index in [1.165, 1.54) is 18.3 Å². The Balaban J connectivity index is 2.35. The minimum absolute atomic E-state index is 0.0443. The zero-order valence-electron chi connectivity index (χ0n) is 20.7. The van der Waals surface area contributed by atoms with Crippen molar-refractivity contribution < 1.29 is 23.1 Å². The maximum absolute atomic E-state index is 12.6. The van der Waals surface area contributed by atoms with E-state index in [2.05, 4.69) is 17.7 Å². The summed E-state index contributed by atoms with van der Waals surface area (Å²) >= 11 is 1.22. The molecule has 1 heterocycles. The minimum atomic E-state index is -3.87. The fourth-order valence-corrected chi connectivity index (χ4v) is 6.39. The van der Waals surface area contributed by atoms with Crippen molar-refractivity contribution in [1.29, 1.82) is 0 Å². The van der Waals surface area contributed by atoms with Crippen LogP contribution in [0.2, 0.25) is 0 Å². The zero-order chi connectivity index (χ0) is 25.0. The first-order valence-corrected chi connectivity index (χ1v) is 13.6. The third kappa shape index (κ3) is 7.29. The average molecular weight is 496 g/mol. The number of carbonyl (C=O) groups is 1. The molecule has 2 N–H and O–H groups in total. The number of aryl methyl sites for hydroxylation is 2. The number of sulfonamides is 1. The molecule has 1 aromatic heterocycles. The van der Waals surface area contributed by atoms with Gasteiger partial charge in [0.2, 0.25) is 5.91 Å². The summed E-state index contributed by atoms with van der Waals surface area (Å²) in [5, 5.41) is 10.3. The molecule has 0 aliphatic carbocycles. The van der Waals surface area contributed by atoms with Crippen molar-refractivity contribution >= 4 is 27.3 Å². The summed E-state index contributed by atoms with van der Waals surface area (Å²) < 4.78 is 33.3. The molecule has 2 rings (SSSR count). The van der Waals surface area contributed by atoms with Gasteiger partial charge in [-0.25, -0.2) is 13.1 Å². The summed E-state index contributed by atoms with van der Waals surface area (Å²) in [6, 6.07) is 7.94. The number of amides is 1. The largest absolute Gasteiger partial charge is 0.491 e. The van der Waals surface area contributed by atoms with Gasteiger partial charge in [-0.2, -0.15) is 0 Å². The van der Waals surface area contributed by atoms with Gasteiger partial charge in [0.25, 0.3) is 10.0 Å². The van der Waals surface area contributed by atoms with Crippen LogP contribution in [0.4, 0.5) is 0 Å². The van der Waals surface area contributed by atoms with Gasteiger partial charge in [-0.1, -0.05) is 52.7 Å². The molecule has 33 heavy (non-hydrogen) atoms. The first-order chi connectivity index (χ1) is 15.3. The maximum atomic E-state index is 12.6. The molecule has 2 aromatic rings. The van der Waals surface area contributed by atoms with E-state index in [-0.39, 0.29) is 22.1 Å². The molecule has 0 bridgehead atoms. The number of aliphatic hydroxyl groups excluding tert-OH is 1. The van der Waals surface area contributed by atoms with Crippen molar-refractivity contribution in [3.63, 3.8) is 0 Å². The van der Waals surface area contributed by atoms with E-state index in [9.17, 15) is 18.3 Å². The van der Waals surface area contributed by atoms with Crippen LogP contribution in [0, 0.1) is 19.3 Å². The average Bonchev–Trinajstić information content (AvgIpc) is 3.08. The highest BCUT2D eigenvalue weighted by atomic mass is 32.2. The molecule has 0 saturated carbocycles. The van der Waals surface area contributed by atoms with E-state index in [4.69, 9.17) is 4.74 Å². The Hall–Kier alpha value is -1.90. The van der Waals surface area contributed by atoms with Crippen LogP contribution in [-0.4, -0.2) is 32.1 Å². The fraction of sp³-hybridized carbons (Fsp3) is 0.560. The van der Waals surface area contributed by atoms with E-state index in [1.807, 2.05) is 45.9 Å². The van der Waals surface area contributed by atoms with E-state index in [0.717, 1.165) is 41.0 Å². The van der Waals surface area contributed by atoms with Gasteiger partial charge in [-0.05, 0) is 54.5 Å². The lowest BCUT2D eigenvalue weighted by molar-refractivity contribution is -0.117. The fourth-order valence-electron chi connectivity index (χ4n) is 3.51. The standard InChI is InChI=1S/C25H37NO5S2/c1-8-9-10-20(22-14-17(3)24(32-22)33(29,30)26-18(4)27)19-11-12-21(16(2)13-19)31-15-23(28)25(5,6)7/h11-14,20,23,28H,8-10,15H2,1-7H3,(H,26,27). The zero-order valence-corrected chi connectivity index (χ0v) is 22.3. The first-order valence-electron chi connectivity index (χ1n) is 11.3. The Bertz CT molecular complexity index is 1070. The molecule has 1 aromatic carbocycles. The highest BCUT2D eigenvalue weighted by molar-refractivity contribution is 7.92. The molecule has 0 fully saturated rings. The molecule has 2 unspecified atom stereocenters. The van der Waals surface area contributed by atoms with Crippen molar-refractivity contribution in [2.45, 2.75) is 84.0 Å². The lowest BCUT2D eigenvalue weighted by atomic mass is 9.89. The van der Waals surface area contributed by atoms with Crippen LogP contribution in [0.3, 0.4) is 0 Å². The number of aliphatic hydroxyl groups is 1. The van der Waals surface area contributed by atoms with E-state index in [1.54, 1.807) is 6.92 Å². The van der Waals surface area contributed by atoms with Crippen molar-refractivity contribution in [3.05, 3.63) is 45.8 Å². The van der Waals surface area contributed by atoms with E-state index < -0.39 is 22.0 Å². The Morgan fingerprint density at radius 3 is 2.39 bits per heavy atom. The predicted molar refractivity (Wildman–Crippen MR) is 134 cm³/mol. The molecular weight excluding hydrogens is 458 g/mol. The Morgan fingerprint density at radius 2 is 1.85 bits per heavy atom. The van der Waals surface area contributed by atoms with Gasteiger partial charge in [0.15, 0.2) is 0 Å². The van der Waals surface area contributed by atoms with E-state index in [0.29, 0.717) is 5.56 Å². The highest BCUT2D eigenvalue weighted by Gasteiger charge is 2.26. The van der Waals surface area contributed by atoms with Crippen molar-refractivity contribution in [2.24, 2.45) is 5.41 Å². The second-order valence-corrected chi connectivity index (χ2v) is 12.7. The summed E-state index contributed by atoms with van der Waals surface area (Å²) in [7, 11) is -3.87. The smallest absolute Gasteiger partial charge is 0.273 e. The highest BCUT2D eigenvalue weighted by Crippen LogP contribution is 2.39. The third-order valence-corrected chi connectivity index (χ3v) is 9.02. The molecule has 0 spiro atoms. The van der Waals surface area contributed by atoms with Crippen molar-refractivity contribution in [1.82, 2.24) is 4.72 Å². The predicted octanol–water partition coefficient (Wildman–Crippen LogP) is 5.30. The molecule has 0 aliphatic rings. The minimum Gasteiger partial charge on any atom is -0.491 e. The van der Waals surface area contributed by atoms with Gasteiger partial charge < -0.3 is 9.84 Å². The summed E-state index contributed by atoms with van der Waals surface area (Å²) in [5.41, 5.74) is 2.44. The number of nitrogens with one attached hydrogen (secondary N) is 1. The first kappa shape index (κ1) is 27.3. The molecule has 0 radical (unpaired) electrons. The van der Waals surface area contributed by atoms with Crippen LogP contribution >= 0.6 is 11.3 Å². The second kappa shape index (κ2) is 11.0. The summed E-state index contributed by atoms with van der Waals surface area (Å²) in [4.78, 5) is 12.3. The number of hydrogen-bond acceptors (Lipinski definition) is 6. The normalized spacial score (nSPS) is 14.1. The van der Waals surface area contributed by atoms with Crippen molar-refractivity contribution in [3.8, 4) is 5.75 Å². The second-order valence-electron chi connectivity index (χ2n) is 9.69. The molecule has 0 aliphatic heterocycles.